The molecular weight excluding hydrogens is 230 g/mol. The van der Waals surface area contributed by atoms with Gasteiger partial charge in [-0.15, -0.1) is 0 Å². The highest BCUT2D eigenvalue weighted by Crippen LogP contribution is 2.26. The van der Waals surface area contributed by atoms with Gasteiger partial charge in [0, 0.05) is 13.2 Å². The zero-order chi connectivity index (χ0) is 13.0. The highest BCUT2D eigenvalue weighted by Gasteiger charge is 2.30. The maximum absolute atomic E-state index is 12.3. The standard InChI is InChI=1S/C14H21NO3/c1-11(17-2)14(16)15(12-6-3-4-7-12)10-13-8-5-9-18-13/h5,8-9,11-12H,3-4,6-7,10H2,1-2H3. The van der Waals surface area contributed by atoms with E-state index >= 15 is 0 Å². The van der Waals surface area contributed by atoms with E-state index in [0.29, 0.717) is 12.6 Å². The minimum absolute atomic E-state index is 0.0563. The van der Waals surface area contributed by atoms with Crippen molar-refractivity contribution < 1.29 is 13.9 Å². The van der Waals surface area contributed by atoms with E-state index in [1.807, 2.05) is 17.0 Å². The molecule has 2 rings (SSSR count). The molecule has 1 saturated carbocycles. The Bertz CT molecular complexity index is 368. The summed E-state index contributed by atoms with van der Waals surface area (Å²) in [5.74, 6) is 0.888. The lowest BCUT2D eigenvalue weighted by atomic mass is 10.1. The van der Waals surface area contributed by atoms with Gasteiger partial charge in [-0.05, 0) is 31.9 Å². The molecule has 1 aromatic heterocycles. The van der Waals surface area contributed by atoms with Gasteiger partial charge in [0.1, 0.15) is 11.9 Å². The van der Waals surface area contributed by atoms with E-state index in [4.69, 9.17) is 9.15 Å². The maximum atomic E-state index is 12.3. The number of carbonyl (C=O) groups excluding carboxylic acids is 1. The lowest BCUT2D eigenvalue weighted by Crippen LogP contribution is -2.43. The van der Waals surface area contributed by atoms with Gasteiger partial charge in [-0.25, -0.2) is 0 Å². The Morgan fingerprint density at radius 3 is 2.83 bits per heavy atom. The summed E-state index contributed by atoms with van der Waals surface area (Å²) < 4.78 is 10.5. The minimum atomic E-state index is -0.388. The number of methoxy groups -OCH3 is 1. The first-order valence-corrected chi connectivity index (χ1v) is 6.58. The first-order chi connectivity index (χ1) is 8.72. The molecule has 1 amide bonds. The van der Waals surface area contributed by atoms with Crippen LogP contribution in [0.25, 0.3) is 0 Å². The van der Waals surface area contributed by atoms with Crippen LogP contribution in [0.5, 0.6) is 0 Å². The van der Waals surface area contributed by atoms with Gasteiger partial charge >= 0.3 is 0 Å². The third-order valence-electron chi connectivity index (χ3n) is 3.66. The fraction of sp³-hybridized carbons (Fsp3) is 0.643. The van der Waals surface area contributed by atoms with Crippen molar-refractivity contribution in [3.8, 4) is 0 Å². The fourth-order valence-corrected chi connectivity index (χ4v) is 2.51. The first kappa shape index (κ1) is 13.1. The van der Waals surface area contributed by atoms with Crippen molar-refractivity contribution in [2.24, 2.45) is 0 Å². The molecule has 0 N–H and O–H groups in total. The zero-order valence-corrected chi connectivity index (χ0v) is 11.1. The van der Waals surface area contributed by atoms with E-state index in [1.54, 1.807) is 20.3 Å². The quantitative estimate of drug-likeness (QED) is 0.807. The summed E-state index contributed by atoms with van der Waals surface area (Å²) in [7, 11) is 1.57. The van der Waals surface area contributed by atoms with Crippen LogP contribution in [0.3, 0.4) is 0 Å². The number of hydrogen-bond acceptors (Lipinski definition) is 3. The predicted octanol–water partition coefficient (Wildman–Crippen LogP) is 2.59. The van der Waals surface area contributed by atoms with Gasteiger partial charge in [-0.3, -0.25) is 4.79 Å². The molecule has 0 saturated heterocycles. The van der Waals surface area contributed by atoms with Crippen molar-refractivity contribution in [3.63, 3.8) is 0 Å². The highest BCUT2D eigenvalue weighted by atomic mass is 16.5. The topological polar surface area (TPSA) is 42.7 Å². The van der Waals surface area contributed by atoms with Gasteiger partial charge in [0.2, 0.25) is 0 Å². The molecule has 0 spiro atoms. The SMILES string of the molecule is COC(C)C(=O)N(Cc1ccco1)C1CCCC1. The molecule has 1 aliphatic rings. The van der Waals surface area contributed by atoms with Crippen LogP contribution in [0, 0.1) is 0 Å². The van der Waals surface area contributed by atoms with Gasteiger partial charge < -0.3 is 14.1 Å². The molecule has 1 aromatic rings. The van der Waals surface area contributed by atoms with Crippen molar-refractivity contribution in [1.82, 2.24) is 4.90 Å². The summed E-state index contributed by atoms with van der Waals surface area (Å²) in [6.45, 7) is 2.34. The van der Waals surface area contributed by atoms with Crippen molar-refractivity contribution in [1.29, 1.82) is 0 Å². The lowest BCUT2D eigenvalue weighted by molar-refractivity contribution is -0.144. The third-order valence-corrected chi connectivity index (χ3v) is 3.66. The molecule has 4 nitrogen and oxygen atoms in total. The Labute approximate surface area is 108 Å². The Hall–Kier alpha value is -1.29. The molecular formula is C14H21NO3. The van der Waals surface area contributed by atoms with Crippen LogP contribution in [0.1, 0.15) is 38.4 Å². The molecule has 0 aromatic carbocycles. The Kier molecular flexibility index (Phi) is 4.42. The molecule has 0 radical (unpaired) electrons. The second-order valence-electron chi connectivity index (χ2n) is 4.86. The van der Waals surface area contributed by atoms with E-state index in [1.165, 1.54) is 12.8 Å². The molecule has 1 aliphatic carbocycles. The van der Waals surface area contributed by atoms with Crippen LogP contribution >= 0.6 is 0 Å². The summed E-state index contributed by atoms with van der Waals surface area (Å²) in [6, 6.07) is 4.10. The average Bonchev–Trinajstić information content (AvgIpc) is 3.06. The molecule has 1 heterocycles. The maximum Gasteiger partial charge on any atom is 0.252 e. The fourth-order valence-electron chi connectivity index (χ4n) is 2.51. The third kappa shape index (κ3) is 2.93. The lowest BCUT2D eigenvalue weighted by Gasteiger charge is -2.30. The molecule has 0 bridgehead atoms. The minimum Gasteiger partial charge on any atom is -0.467 e. The first-order valence-electron chi connectivity index (χ1n) is 6.58. The van der Waals surface area contributed by atoms with Crippen molar-refractivity contribution in [2.75, 3.05) is 7.11 Å². The van der Waals surface area contributed by atoms with Gasteiger partial charge in [-0.2, -0.15) is 0 Å². The number of hydrogen-bond donors (Lipinski definition) is 0. The number of furan rings is 1. The van der Waals surface area contributed by atoms with E-state index in [2.05, 4.69) is 0 Å². The number of ether oxygens (including phenoxy) is 1. The number of rotatable bonds is 5. The molecule has 4 heteroatoms. The summed E-state index contributed by atoms with van der Waals surface area (Å²) in [5.41, 5.74) is 0. The Morgan fingerprint density at radius 2 is 2.28 bits per heavy atom. The summed E-state index contributed by atoms with van der Waals surface area (Å²) in [4.78, 5) is 14.3. The number of nitrogens with zero attached hydrogens (tertiary/aromatic N) is 1. The van der Waals surface area contributed by atoms with E-state index in [-0.39, 0.29) is 12.0 Å². The normalized spacial score (nSPS) is 17.9. The van der Waals surface area contributed by atoms with Crippen LogP contribution in [0.4, 0.5) is 0 Å². The van der Waals surface area contributed by atoms with E-state index in [0.717, 1.165) is 18.6 Å². The van der Waals surface area contributed by atoms with Crippen LogP contribution in [0.2, 0.25) is 0 Å². The monoisotopic (exact) mass is 251 g/mol. The predicted molar refractivity (Wildman–Crippen MR) is 68.0 cm³/mol. The largest absolute Gasteiger partial charge is 0.467 e. The van der Waals surface area contributed by atoms with E-state index in [9.17, 15) is 4.79 Å². The molecule has 100 valence electrons. The zero-order valence-electron chi connectivity index (χ0n) is 11.1. The average molecular weight is 251 g/mol. The van der Waals surface area contributed by atoms with Crippen molar-refractivity contribution in [2.45, 2.75) is 51.3 Å². The van der Waals surface area contributed by atoms with Crippen molar-refractivity contribution >= 4 is 5.91 Å². The second kappa shape index (κ2) is 6.05. The molecule has 1 fully saturated rings. The summed E-state index contributed by atoms with van der Waals surface area (Å²) in [5, 5.41) is 0. The van der Waals surface area contributed by atoms with Gasteiger partial charge in [-0.1, -0.05) is 12.8 Å². The van der Waals surface area contributed by atoms with Crippen LogP contribution < -0.4 is 0 Å². The number of amides is 1. The summed E-state index contributed by atoms with van der Waals surface area (Å²) >= 11 is 0. The van der Waals surface area contributed by atoms with Crippen LogP contribution in [-0.2, 0) is 16.1 Å². The molecule has 18 heavy (non-hydrogen) atoms. The second-order valence-corrected chi connectivity index (χ2v) is 4.86. The van der Waals surface area contributed by atoms with Crippen LogP contribution in [-0.4, -0.2) is 30.1 Å². The summed E-state index contributed by atoms with van der Waals surface area (Å²) in [6.07, 6.45) is 5.83. The van der Waals surface area contributed by atoms with Crippen LogP contribution in [0.15, 0.2) is 22.8 Å². The van der Waals surface area contributed by atoms with Gasteiger partial charge in [0.15, 0.2) is 0 Å². The van der Waals surface area contributed by atoms with Gasteiger partial charge in [0.25, 0.3) is 5.91 Å². The van der Waals surface area contributed by atoms with Crippen molar-refractivity contribution in [3.05, 3.63) is 24.2 Å². The highest BCUT2D eigenvalue weighted by molar-refractivity contribution is 5.80. The Morgan fingerprint density at radius 1 is 1.56 bits per heavy atom. The molecule has 1 atom stereocenters. The smallest absolute Gasteiger partial charge is 0.252 e. The number of carbonyl (C=O) groups is 1. The van der Waals surface area contributed by atoms with Gasteiger partial charge in [0.05, 0.1) is 12.8 Å². The van der Waals surface area contributed by atoms with E-state index < -0.39 is 0 Å². The Balaban J connectivity index is 2.09. The molecule has 0 aliphatic heterocycles. The molecule has 1 unspecified atom stereocenters.